The number of ether oxygens (including phenoxy) is 1. The number of benzene rings is 1. The molecule has 3 aliphatic rings. The summed E-state index contributed by atoms with van der Waals surface area (Å²) in [6.07, 6.45) is 3.31. The molecule has 2 aliphatic heterocycles. The van der Waals surface area contributed by atoms with E-state index in [4.69, 9.17) is 4.74 Å². The molecular weight excluding hydrogens is 417 g/mol. The second-order valence-electron chi connectivity index (χ2n) is 8.83. The molecule has 8 nitrogen and oxygen atoms in total. The van der Waals surface area contributed by atoms with E-state index in [0.29, 0.717) is 0 Å². The molecule has 168 valence electrons. The fourth-order valence-electron chi connectivity index (χ4n) is 5.05. The van der Waals surface area contributed by atoms with Crippen molar-refractivity contribution in [2.24, 2.45) is 0 Å². The van der Waals surface area contributed by atoms with Crippen molar-refractivity contribution in [1.29, 1.82) is 0 Å². The molecule has 0 radical (unpaired) electrons. The monoisotopic (exact) mass is 441 g/mol. The summed E-state index contributed by atoms with van der Waals surface area (Å²) in [5.41, 5.74) is -0.345. The van der Waals surface area contributed by atoms with Gasteiger partial charge < -0.3 is 24.6 Å². The highest BCUT2D eigenvalue weighted by atomic mass is 19.1. The van der Waals surface area contributed by atoms with Crippen molar-refractivity contribution in [3.63, 3.8) is 0 Å². The molecule has 2 amide bonds. The van der Waals surface area contributed by atoms with E-state index in [1.54, 1.807) is 30.9 Å². The van der Waals surface area contributed by atoms with Crippen LogP contribution in [0.5, 0.6) is 5.75 Å². The van der Waals surface area contributed by atoms with Gasteiger partial charge in [0.1, 0.15) is 11.4 Å². The molecule has 2 N–H and O–H groups in total. The van der Waals surface area contributed by atoms with Crippen LogP contribution in [0.2, 0.25) is 0 Å². The van der Waals surface area contributed by atoms with Crippen molar-refractivity contribution < 1.29 is 23.8 Å². The van der Waals surface area contributed by atoms with E-state index in [1.807, 2.05) is 0 Å². The Bertz CT molecular complexity index is 1190. The Morgan fingerprint density at radius 3 is 2.84 bits per heavy atom. The van der Waals surface area contributed by atoms with Gasteiger partial charge in [-0.25, -0.2) is 4.39 Å². The predicted molar refractivity (Wildman–Crippen MR) is 112 cm³/mol. The van der Waals surface area contributed by atoms with E-state index < -0.39 is 41.1 Å². The number of halogens is 1. The number of aromatic hydroxyl groups is 1. The van der Waals surface area contributed by atoms with Gasteiger partial charge in [0.25, 0.3) is 11.8 Å². The molecule has 2 aromatic rings. The zero-order valence-corrected chi connectivity index (χ0v) is 17.8. The van der Waals surface area contributed by atoms with Gasteiger partial charge >= 0.3 is 0 Å². The third-order valence-corrected chi connectivity index (χ3v) is 6.67. The van der Waals surface area contributed by atoms with Crippen LogP contribution in [0.3, 0.4) is 0 Å². The highest BCUT2D eigenvalue weighted by Crippen LogP contribution is 2.38. The first-order valence-corrected chi connectivity index (χ1v) is 10.8. The third-order valence-electron chi connectivity index (χ3n) is 6.67. The number of nitrogens with one attached hydrogen (secondary N) is 1. The molecule has 32 heavy (non-hydrogen) atoms. The largest absolute Gasteiger partial charge is 0.503 e. The maximum absolute atomic E-state index is 14.3. The SMILES string of the molecule is Cc1ccc([C@H](C)NC(=O)c2cn3c(c(O)c2=O)C(=O)N2[C@H]4CC[C@H](C4)O[C@@H]2C3)c(F)c1. The first kappa shape index (κ1) is 20.7. The highest BCUT2D eigenvalue weighted by molar-refractivity contribution is 5.99. The van der Waals surface area contributed by atoms with Crippen molar-refractivity contribution >= 4 is 11.8 Å². The molecule has 5 rings (SSSR count). The van der Waals surface area contributed by atoms with Crippen LogP contribution < -0.4 is 10.7 Å². The van der Waals surface area contributed by atoms with E-state index in [2.05, 4.69) is 5.32 Å². The Morgan fingerprint density at radius 2 is 2.09 bits per heavy atom. The van der Waals surface area contributed by atoms with Crippen molar-refractivity contribution in [1.82, 2.24) is 14.8 Å². The zero-order chi connectivity index (χ0) is 22.7. The van der Waals surface area contributed by atoms with E-state index in [0.717, 1.165) is 24.8 Å². The Labute approximate surface area is 183 Å². The van der Waals surface area contributed by atoms with Crippen LogP contribution in [0, 0.1) is 12.7 Å². The minimum absolute atomic E-state index is 0.0303. The number of aromatic nitrogens is 1. The summed E-state index contributed by atoms with van der Waals surface area (Å²) in [6.45, 7) is 3.58. The van der Waals surface area contributed by atoms with Crippen molar-refractivity contribution in [3.8, 4) is 5.75 Å². The molecule has 0 unspecified atom stereocenters. The first-order chi connectivity index (χ1) is 15.2. The van der Waals surface area contributed by atoms with Gasteiger partial charge in [-0.2, -0.15) is 0 Å². The maximum atomic E-state index is 14.3. The Kier molecular flexibility index (Phi) is 4.81. The van der Waals surface area contributed by atoms with Gasteiger partial charge in [-0.05, 0) is 44.7 Å². The third kappa shape index (κ3) is 3.19. The van der Waals surface area contributed by atoms with Crippen LogP contribution in [0.25, 0.3) is 0 Å². The Morgan fingerprint density at radius 1 is 1.31 bits per heavy atom. The lowest BCUT2D eigenvalue weighted by molar-refractivity contribution is -0.132. The molecule has 1 saturated heterocycles. The lowest BCUT2D eigenvalue weighted by Crippen LogP contribution is -2.57. The average molecular weight is 441 g/mol. The number of carbonyl (C=O) groups is 2. The quantitative estimate of drug-likeness (QED) is 0.761. The minimum atomic E-state index is -0.931. The predicted octanol–water partition coefficient (Wildman–Crippen LogP) is 2.23. The van der Waals surface area contributed by atoms with Gasteiger partial charge in [-0.1, -0.05) is 12.1 Å². The molecule has 1 aromatic heterocycles. The van der Waals surface area contributed by atoms with Crippen LogP contribution in [-0.4, -0.2) is 44.8 Å². The second kappa shape index (κ2) is 7.44. The zero-order valence-electron chi connectivity index (χ0n) is 17.8. The van der Waals surface area contributed by atoms with Crippen LogP contribution >= 0.6 is 0 Å². The minimum Gasteiger partial charge on any atom is -0.503 e. The molecule has 9 heteroatoms. The molecule has 0 spiro atoms. The van der Waals surface area contributed by atoms with Crippen molar-refractivity contribution in [2.75, 3.05) is 0 Å². The molecule has 2 bridgehead atoms. The van der Waals surface area contributed by atoms with Gasteiger partial charge in [-0.15, -0.1) is 0 Å². The number of hydrogen-bond donors (Lipinski definition) is 2. The number of hydrogen-bond acceptors (Lipinski definition) is 5. The van der Waals surface area contributed by atoms with Gasteiger partial charge in [0, 0.05) is 17.8 Å². The summed E-state index contributed by atoms with van der Waals surface area (Å²) < 4.78 is 21.7. The average Bonchev–Trinajstić information content (AvgIpc) is 3.11. The van der Waals surface area contributed by atoms with Crippen LogP contribution in [-0.2, 0) is 11.3 Å². The first-order valence-electron chi connectivity index (χ1n) is 10.8. The smallest absolute Gasteiger partial charge is 0.276 e. The highest BCUT2D eigenvalue weighted by Gasteiger charge is 2.47. The Balaban J connectivity index is 1.46. The fraction of sp³-hybridized carbons (Fsp3) is 0.435. The Hall–Kier alpha value is -3.20. The summed E-state index contributed by atoms with van der Waals surface area (Å²) in [7, 11) is 0. The lowest BCUT2D eigenvalue weighted by Gasteiger charge is -2.44. The van der Waals surface area contributed by atoms with Crippen LogP contribution in [0.4, 0.5) is 4.39 Å². The van der Waals surface area contributed by atoms with Gasteiger partial charge in [0.15, 0.2) is 17.7 Å². The van der Waals surface area contributed by atoms with E-state index in [-0.39, 0.29) is 35.5 Å². The number of pyridine rings is 1. The fourth-order valence-corrected chi connectivity index (χ4v) is 5.05. The summed E-state index contributed by atoms with van der Waals surface area (Å²) in [5.74, 6) is -2.44. The van der Waals surface area contributed by atoms with E-state index in [1.165, 1.54) is 16.8 Å². The number of amides is 2. The van der Waals surface area contributed by atoms with E-state index >= 15 is 0 Å². The maximum Gasteiger partial charge on any atom is 0.276 e. The van der Waals surface area contributed by atoms with Gasteiger partial charge in [0.2, 0.25) is 5.43 Å². The van der Waals surface area contributed by atoms with Crippen molar-refractivity contribution in [2.45, 2.75) is 64.1 Å². The lowest BCUT2D eigenvalue weighted by atomic mass is 10.0. The van der Waals surface area contributed by atoms with Gasteiger partial charge in [0.05, 0.1) is 18.7 Å². The number of carbonyl (C=O) groups excluding carboxylic acids is 2. The molecule has 2 fully saturated rings. The number of rotatable bonds is 3. The molecule has 4 atom stereocenters. The topological polar surface area (TPSA) is 101 Å². The molecule has 1 aromatic carbocycles. The number of fused-ring (bicyclic) bond motifs is 5. The second-order valence-corrected chi connectivity index (χ2v) is 8.83. The van der Waals surface area contributed by atoms with E-state index in [9.17, 15) is 23.9 Å². The number of nitrogens with zero attached hydrogens (tertiary/aromatic N) is 2. The normalized spacial score (nSPS) is 24.7. The molecule has 3 heterocycles. The standard InChI is InChI=1S/C23H24FN3O5/c1-11-3-6-15(17(24)7-11)12(2)25-22(30)16-9-26-10-18-27(13-4-5-14(8-13)32-18)23(31)19(26)21(29)20(16)28/h3,6-7,9,12-14,18,29H,4-5,8,10H2,1-2H3,(H,25,30)/t12-,13-,14+,18+/m0/s1. The molecular formula is C23H24FN3O5. The van der Waals surface area contributed by atoms with Crippen LogP contribution in [0.15, 0.2) is 29.2 Å². The number of aryl methyl sites for hydroxylation is 1. The molecule has 1 saturated carbocycles. The molecule has 1 aliphatic carbocycles. The summed E-state index contributed by atoms with van der Waals surface area (Å²) in [5, 5.41) is 13.2. The summed E-state index contributed by atoms with van der Waals surface area (Å²) >= 11 is 0. The summed E-state index contributed by atoms with van der Waals surface area (Å²) in [4.78, 5) is 40.4. The van der Waals surface area contributed by atoms with Crippen LogP contribution in [0.1, 0.15) is 64.2 Å². The van der Waals surface area contributed by atoms with Gasteiger partial charge in [-0.3, -0.25) is 14.4 Å². The summed E-state index contributed by atoms with van der Waals surface area (Å²) in [6, 6.07) is 4.00. The van der Waals surface area contributed by atoms with Crippen molar-refractivity contribution in [3.05, 3.63) is 62.8 Å².